The third kappa shape index (κ3) is 7.20. The van der Waals surface area contributed by atoms with Crippen LogP contribution in [0.15, 0.2) is 57.9 Å². The largest absolute Gasteiger partial charge is 0.478 e. The van der Waals surface area contributed by atoms with Gasteiger partial charge in [0, 0.05) is 29.6 Å². The summed E-state index contributed by atoms with van der Waals surface area (Å²) in [7, 11) is 0. The Bertz CT molecular complexity index is 924. The highest BCUT2D eigenvalue weighted by Gasteiger charge is 2.35. The van der Waals surface area contributed by atoms with Gasteiger partial charge >= 0.3 is 11.9 Å². The molecule has 3 saturated heterocycles. The highest BCUT2D eigenvalue weighted by molar-refractivity contribution is 8.01. The van der Waals surface area contributed by atoms with Crippen LogP contribution in [0.3, 0.4) is 0 Å². The molecule has 3 aliphatic rings. The van der Waals surface area contributed by atoms with Gasteiger partial charge in [0.1, 0.15) is 4.88 Å². The number of carboxylic acids is 2. The number of fused-ring (bicyclic) bond motifs is 3. The summed E-state index contributed by atoms with van der Waals surface area (Å²) in [4.78, 5) is 40.3. The summed E-state index contributed by atoms with van der Waals surface area (Å²) in [5, 5.41) is 18.8. The number of hydrogen-bond donors (Lipinski definition) is 3. The van der Waals surface area contributed by atoms with Crippen LogP contribution in [0.4, 0.5) is 0 Å². The number of nitrogens with zero attached hydrogens (tertiary/aromatic N) is 2. The summed E-state index contributed by atoms with van der Waals surface area (Å²) in [6, 6.07) is 10.4. The number of nitrogens with one attached hydrogen (secondary N) is 1. The minimum atomic E-state index is -1.26. The molecule has 164 valence electrons. The summed E-state index contributed by atoms with van der Waals surface area (Å²) < 4.78 is 0.912. The maximum absolute atomic E-state index is 12.5. The van der Waals surface area contributed by atoms with Gasteiger partial charge in [0.15, 0.2) is 4.34 Å². The van der Waals surface area contributed by atoms with Crippen molar-refractivity contribution >= 4 is 40.9 Å². The van der Waals surface area contributed by atoms with Crippen LogP contribution in [0.25, 0.3) is 0 Å². The van der Waals surface area contributed by atoms with Gasteiger partial charge in [-0.25, -0.2) is 14.6 Å². The molecule has 8 nitrogen and oxygen atoms in total. The monoisotopic (exact) mass is 461 g/mol. The lowest BCUT2D eigenvalue weighted by Gasteiger charge is -2.44. The zero-order valence-corrected chi connectivity index (χ0v) is 18.3. The van der Waals surface area contributed by atoms with Gasteiger partial charge < -0.3 is 20.4 Å². The second-order valence-electron chi connectivity index (χ2n) is 7.13. The molecule has 3 aliphatic heterocycles. The van der Waals surface area contributed by atoms with E-state index in [-0.39, 0.29) is 5.91 Å². The van der Waals surface area contributed by atoms with E-state index in [4.69, 9.17) is 10.2 Å². The number of piperidine rings is 3. The average Bonchev–Trinajstić information content (AvgIpc) is 3.23. The van der Waals surface area contributed by atoms with E-state index in [1.807, 2.05) is 18.2 Å². The lowest BCUT2D eigenvalue weighted by Crippen LogP contribution is -2.57. The van der Waals surface area contributed by atoms with Crippen molar-refractivity contribution in [1.82, 2.24) is 15.2 Å². The Kier molecular flexibility index (Phi) is 8.21. The fourth-order valence-corrected chi connectivity index (χ4v) is 5.39. The lowest BCUT2D eigenvalue weighted by molar-refractivity contribution is -0.134. The number of carboxylic acid groups (broad SMARTS) is 2. The average molecular weight is 462 g/mol. The molecule has 0 radical (unpaired) electrons. The molecule has 2 aromatic rings. The summed E-state index contributed by atoms with van der Waals surface area (Å²) >= 11 is 3.07. The van der Waals surface area contributed by atoms with Crippen molar-refractivity contribution in [2.45, 2.75) is 28.1 Å². The molecule has 10 heteroatoms. The number of aliphatic carboxylic acids is 2. The van der Waals surface area contributed by atoms with Gasteiger partial charge in [-0.15, -0.1) is 11.3 Å². The molecule has 31 heavy (non-hydrogen) atoms. The Morgan fingerprint density at radius 2 is 1.74 bits per heavy atom. The number of aromatic nitrogens is 1. The summed E-state index contributed by atoms with van der Waals surface area (Å²) in [6.45, 7) is 3.38. The van der Waals surface area contributed by atoms with Gasteiger partial charge in [-0.3, -0.25) is 4.79 Å². The molecule has 3 fully saturated rings. The maximum Gasteiger partial charge on any atom is 0.328 e. The van der Waals surface area contributed by atoms with E-state index in [0.717, 1.165) is 15.8 Å². The van der Waals surface area contributed by atoms with E-state index in [1.165, 1.54) is 37.3 Å². The van der Waals surface area contributed by atoms with Gasteiger partial charge in [-0.2, -0.15) is 0 Å². The minimum absolute atomic E-state index is 0.0289. The fourth-order valence-electron chi connectivity index (χ4n) is 3.51. The van der Waals surface area contributed by atoms with Gasteiger partial charge in [0.25, 0.3) is 5.91 Å². The van der Waals surface area contributed by atoms with Crippen molar-refractivity contribution in [3.63, 3.8) is 0 Å². The second kappa shape index (κ2) is 11.1. The maximum atomic E-state index is 12.5. The molecule has 0 saturated carbocycles. The summed E-state index contributed by atoms with van der Waals surface area (Å²) in [5.74, 6) is -1.84. The van der Waals surface area contributed by atoms with Crippen LogP contribution in [-0.4, -0.2) is 63.6 Å². The first-order valence-corrected chi connectivity index (χ1v) is 11.4. The van der Waals surface area contributed by atoms with E-state index in [1.54, 1.807) is 18.0 Å². The molecular weight excluding hydrogens is 438 g/mol. The molecule has 0 aliphatic carbocycles. The third-order valence-electron chi connectivity index (χ3n) is 5.00. The highest BCUT2D eigenvalue weighted by Crippen LogP contribution is 2.31. The Balaban J connectivity index is 0.000000293. The van der Waals surface area contributed by atoms with E-state index in [0.29, 0.717) is 29.0 Å². The number of hydrogen-bond acceptors (Lipinski definition) is 7. The van der Waals surface area contributed by atoms with Crippen molar-refractivity contribution in [3.05, 3.63) is 53.6 Å². The van der Waals surface area contributed by atoms with Crippen molar-refractivity contribution < 1.29 is 24.6 Å². The molecule has 0 spiro atoms. The second-order valence-corrected chi connectivity index (χ2v) is 9.48. The Morgan fingerprint density at radius 3 is 2.29 bits per heavy atom. The van der Waals surface area contributed by atoms with Crippen LogP contribution in [0, 0.1) is 5.92 Å². The first-order valence-electron chi connectivity index (χ1n) is 9.76. The topological polar surface area (TPSA) is 120 Å². The van der Waals surface area contributed by atoms with Crippen molar-refractivity contribution in [1.29, 1.82) is 0 Å². The number of thiazole rings is 1. The normalized spacial score (nSPS) is 21.9. The first-order chi connectivity index (χ1) is 14.9. The first kappa shape index (κ1) is 23.0. The lowest BCUT2D eigenvalue weighted by atomic mass is 9.84. The van der Waals surface area contributed by atoms with Gasteiger partial charge in [-0.05, 0) is 44.0 Å². The molecule has 0 unspecified atom stereocenters. The molecule has 3 N–H and O–H groups in total. The Morgan fingerprint density at radius 1 is 1.10 bits per heavy atom. The predicted molar refractivity (Wildman–Crippen MR) is 118 cm³/mol. The van der Waals surface area contributed by atoms with Crippen molar-refractivity contribution in [2.75, 3.05) is 19.6 Å². The number of benzene rings is 1. The molecule has 2 bridgehead atoms. The SMILES string of the molecule is O=C(N[C@H]1CN2CCC1CC2)c1cnc(Sc2ccccc2)s1.O=C(O)C=CC(=O)O. The van der Waals surface area contributed by atoms with Crippen molar-refractivity contribution in [3.8, 4) is 0 Å². The van der Waals surface area contributed by atoms with Crippen LogP contribution in [0.2, 0.25) is 0 Å². The molecule has 1 aromatic heterocycles. The molecule has 1 aromatic carbocycles. The molecular formula is C21H23N3O5S2. The van der Waals surface area contributed by atoms with Gasteiger partial charge in [-0.1, -0.05) is 30.0 Å². The predicted octanol–water partition coefficient (Wildman–Crippen LogP) is 2.83. The Labute approximate surface area is 188 Å². The number of rotatable bonds is 6. The molecule has 4 heterocycles. The number of carbonyl (C=O) groups is 3. The van der Waals surface area contributed by atoms with Gasteiger partial charge in [0.05, 0.1) is 6.20 Å². The van der Waals surface area contributed by atoms with E-state index >= 15 is 0 Å². The smallest absolute Gasteiger partial charge is 0.328 e. The fraction of sp³-hybridized carbons (Fsp3) is 0.333. The Hall–Kier alpha value is -2.69. The molecule has 1 amide bonds. The van der Waals surface area contributed by atoms with E-state index in [9.17, 15) is 14.4 Å². The van der Waals surface area contributed by atoms with Crippen LogP contribution < -0.4 is 5.32 Å². The molecule has 1 atom stereocenters. The zero-order chi connectivity index (χ0) is 22.2. The summed E-state index contributed by atoms with van der Waals surface area (Å²) in [5.41, 5.74) is 0. The molecule has 5 rings (SSSR count). The van der Waals surface area contributed by atoms with Crippen molar-refractivity contribution in [2.24, 2.45) is 5.92 Å². The quantitative estimate of drug-likeness (QED) is 0.562. The zero-order valence-electron chi connectivity index (χ0n) is 16.6. The van der Waals surface area contributed by atoms with Gasteiger partial charge in [0.2, 0.25) is 0 Å². The van der Waals surface area contributed by atoms with Crippen LogP contribution >= 0.6 is 23.1 Å². The van der Waals surface area contributed by atoms with Crippen LogP contribution in [-0.2, 0) is 9.59 Å². The standard InChI is InChI=1S/C17H19N3OS2.C4H4O4/c21-16(19-14-11-20-8-6-12(14)7-9-20)15-10-18-17(23-15)22-13-4-2-1-3-5-13;5-3(6)1-2-4(7)8/h1-5,10,12,14H,6-9,11H2,(H,19,21);1-2H,(H,5,6)(H,7,8)/t14-;/m0./s1. The van der Waals surface area contributed by atoms with Crippen LogP contribution in [0.5, 0.6) is 0 Å². The minimum Gasteiger partial charge on any atom is -0.478 e. The third-order valence-corrected chi connectivity index (χ3v) is 7.08. The van der Waals surface area contributed by atoms with E-state index < -0.39 is 11.9 Å². The number of amides is 1. The van der Waals surface area contributed by atoms with E-state index in [2.05, 4.69) is 27.3 Å². The highest BCUT2D eigenvalue weighted by atomic mass is 32.2. The summed E-state index contributed by atoms with van der Waals surface area (Å²) in [6.07, 6.45) is 5.24. The number of carbonyl (C=O) groups excluding carboxylic acids is 1. The van der Waals surface area contributed by atoms with Crippen LogP contribution in [0.1, 0.15) is 22.5 Å².